The van der Waals surface area contributed by atoms with Gasteiger partial charge in [0, 0.05) is 6.54 Å². The van der Waals surface area contributed by atoms with E-state index < -0.39 is 0 Å². The minimum Gasteiger partial charge on any atom is -0.392 e. The fourth-order valence-electron chi connectivity index (χ4n) is 1.75. The third kappa shape index (κ3) is 10.1. The molecule has 0 radical (unpaired) electrons. The van der Waals surface area contributed by atoms with Crippen LogP contribution in [0.2, 0.25) is 0 Å². The summed E-state index contributed by atoms with van der Waals surface area (Å²) in [4.78, 5) is 2.99. The lowest BCUT2D eigenvalue weighted by Gasteiger charge is -2.20. The van der Waals surface area contributed by atoms with Crippen LogP contribution in [0.5, 0.6) is 0 Å². The monoisotopic (exact) mass is 230 g/mol. The lowest BCUT2D eigenvalue weighted by Crippen LogP contribution is -2.34. The van der Waals surface area contributed by atoms with E-state index in [4.69, 9.17) is 18.0 Å². The topological polar surface area (TPSA) is 29.3 Å². The van der Waals surface area contributed by atoms with Gasteiger partial charge in [-0.05, 0) is 25.9 Å². The van der Waals surface area contributed by atoms with Crippen LogP contribution in [-0.2, 0) is 0 Å². The van der Waals surface area contributed by atoms with Crippen LogP contribution < -0.4 is 5.73 Å². The minimum absolute atomic E-state index is 0.622. The standard InChI is InChI=1S/C12H26N2S/c1-3-5-6-7-8-10-14(9-4-2)11-12(13)15/h3-11H2,1-2H3,(H2,13,15). The number of hydrogen-bond acceptors (Lipinski definition) is 2. The van der Waals surface area contributed by atoms with Crippen molar-refractivity contribution in [1.82, 2.24) is 4.90 Å². The Labute approximate surface area is 100 Å². The van der Waals surface area contributed by atoms with Crippen LogP contribution in [0.25, 0.3) is 0 Å². The van der Waals surface area contributed by atoms with Crippen LogP contribution in [0.15, 0.2) is 0 Å². The molecule has 3 heteroatoms. The first kappa shape index (κ1) is 14.8. The molecule has 0 aliphatic carbocycles. The van der Waals surface area contributed by atoms with Gasteiger partial charge in [0.2, 0.25) is 0 Å². The summed E-state index contributed by atoms with van der Waals surface area (Å²) in [7, 11) is 0. The lowest BCUT2D eigenvalue weighted by molar-refractivity contribution is 0.303. The second-order valence-corrected chi connectivity index (χ2v) is 4.68. The zero-order chi connectivity index (χ0) is 11.5. The first-order valence-corrected chi connectivity index (χ1v) is 6.62. The highest BCUT2D eigenvalue weighted by molar-refractivity contribution is 7.80. The number of nitrogens with zero attached hydrogens (tertiary/aromatic N) is 1. The maximum atomic E-state index is 5.57. The third-order valence-corrected chi connectivity index (χ3v) is 2.63. The van der Waals surface area contributed by atoms with Gasteiger partial charge in [-0.1, -0.05) is 51.7 Å². The van der Waals surface area contributed by atoms with E-state index in [1.54, 1.807) is 0 Å². The van der Waals surface area contributed by atoms with E-state index in [1.165, 1.54) is 38.5 Å². The summed E-state index contributed by atoms with van der Waals surface area (Å²) in [5.74, 6) is 0. The maximum absolute atomic E-state index is 5.57. The van der Waals surface area contributed by atoms with Crippen LogP contribution in [0.4, 0.5) is 0 Å². The summed E-state index contributed by atoms with van der Waals surface area (Å²) in [5, 5.41) is 0. The highest BCUT2D eigenvalue weighted by Gasteiger charge is 2.04. The SMILES string of the molecule is CCCCCCCN(CCC)CC(N)=S. The predicted octanol–water partition coefficient (Wildman–Crippen LogP) is 2.95. The number of nitrogens with two attached hydrogens (primary N) is 1. The van der Waals surface area contributed by atoms with E-state index in [9.17, 15) is 0 Å². The lowest BCUT2D eigenvalue weighted by atomic mass is 10.1. The molecule has 0 aromatic carbocycles. The molecule has 90 valence electrons. The Morgan fingerprint density at radius 3 is 2.20 bits per heavy atom. The Hall–Kier alpha value is -0.150. The van der Waals surface area contributed by atoms with E-state index in [0.29, 0.717) is 4.99 Å². The zero-order valence-electron chi connectivity index (χ0n) is 10.3. The Kier molecular flexibility index (Phi) is 10.3. The average molecular weight is 230 g/mol. The van der Waals surface area contributed by atoms with E-state index in [2.05, 4.69) is 18.7 Å². The number of thiocarbonyl (C=S) groups is 1. The van der Waals surface area contributed by atoms with Crippen molar-refractivity contribution in [1.29, 1.82) is 0 Å². The summed E-state index contributed by atoms with van der Waals surface area (Å²) < 4.78 is 0. The Bertz CT molecular complexity index is 160. The molecule has 0 aromatic heterocycles. The molecule has 2 N–H and O–H groups in total. The predicted molar refractivity (Wildman–Crippen MR) is 72.3 cm³/mol. The summed E-state index contributed by atoms with van der Waals surface area (Å²) in [5.41, 5.74) is 5.57. The molecule has 0 saturated heterocycles. The van der Waals surface area contributed by atoms with Crippen molar-refractivity contribution in [2.75, 3.05) is 19.6 Å². The van der Waals surface area contributed by atoms with Gasteiger partial charge >= 0.3 is 0 Å². The molecular weight excluding hydrogens is 204 g/mol. The first-order valence-electron chi connectivity index (χ1n) is 6.21. The summed E-state index contributed by atoms with van der Waals surface area (Å²) in [6.07, 6.45) is 7.84. The Morgan fingerprint density at radius 2 is 1.67 bits per heavy atom. The molecule has 15 heavy (non-hydrogen) atoms. The van der Waals surface area contributed by atoms with Gasteiger partial charge in [-0.25, -0.2) is 0 Å². The Morgan fingerprint density at radius 1 is 1.00 bits per heavy atom. The normalized spacial score (nSPS) is 10.9. The van der Waals surface area contributed by atoms with Crippen LogP contribution in [-0.4, -0.2) is 29.5 Å². The summed E-state index contributed by atoms with van der Waals surface area (Å²) in [6.45, 7) is 7.50. The molecule has 0 fully saturated rings. The number of hydrogen-bond donors (Lipinski definition) is 1. The molecule has 0 spiro atoms. The molecule has 0 saturated carbocycles. The maximum Gasteiger partial charge on any atom is 0.0870 e. The molecule has 0 bridgehead atoms. The highest BCUT2D eigenvalue weighted by Crippen LogP contribution is 2.04. The van der Waals surface area contributed by atoms with Crippen molar-refractivity contribution in [3.8, 4) is 0 Å². The van der Waals surface area contributed by atoms with E-state index in [1.807, 2.05) is 0 Å². The van der Waals surface area contributed by atoms with E-state index in [-0.39, 0.29) is 0 Å². The molecule has 0 aliphatic heterocycles. The summed E-state index contributed by atoms with van der Waals surface area (Å²) in [6, 6.07) is 0. The quantitative estimate of drug-likeness (QED) is 0.462. The average Bonchev–Trinajstić information content (AvgIpc) is 2.17. The second kappa shape index (κ2) is 10.4. The molecule has 0 aliphatic rings. The van der Waals surface area contributed by atoms with E-state index in [0.717, 1.165) is 19.6 Å². The second-order valence-electron chi connectivity index (χ2n) is 4.16. The first-order chi connectivity index (χ1) is 7.20. The zero-order valence-corrected chi connectivity index (χ0v) is 11.1. The van der Waals surface area contributed by atoms with Crippen LogP contribution in [0.1, 0.15) is 52.4 Å². The molecule has 0 unspecified atom stereocenters. The van der Waals surface area contributed by atoms with Crippen molar-refractivity contribution >= 4 is 17.2 Å². The fourth-order valence-corrected chi connectivity index (χ4v) is 1.93. The van der Waals surface area contributed by atoms with Crippen LogP contribution in [0.3, 0.4) is 0 Å². The summed E-state index contributed by atoms with van der Waals surface area (Å²) >= 11 is 4.94. The molecule has 0 atom stereocenters. The van der Waals surface area contributed by atoms with Crippen molar-refractivity contribution in [2.45, 2.75) is 52.4 Å². The molecule has 0 amide bonds. The molecule has 0 aromatic rings. The van der Waals surface area contributed by atoms with E-state index >= 15 is 0 Å². The van der Waals surface area contributed by atoms with Gasteiger partial charge in [0.1, 0.15) is 0 Å². The molecule has 0 rings (SSSR count). The van der Waals surface area contributed by atoms with Gasteiger partial charge in [0.05, 0.1) is 4.99 Å². The number of unbranched alkanes of at least 4 members (excludes halogenated alkanes) is 4. The van der Waals surface area contributed by atoms with Gasteiger partial charge in [0.15, 0.2) is 0 Å². The minimum atomic E-state index is 0.622. The van der Waals surface area contributed by atoms with Gasteiger partial charge < -0.3 is 5.73 Å². The van der Waals surface area contributed by atoms with Crippen molar-refractivity contribution < 1.29 is 0 Å². The van der Waals surface area contributed by atoms with Gasteiger partial charge in [-0.15, -0.1) is 0 Å². The Balaban J connectivity index is 3.52. The van der Waals surface area contributed by atoms with Gasteiger partial charge in [-0.3, -0.25) is 4.90 Å². The molecule has 0 heterocycles. The van der Waals surface area contributed by atoms with Crippen LogP contribution in [0, 0.1) is 0 Å². The number of rotatable bonds is 10. The highest BCUT2D eigenvalue weighted by atomic mass is 32.1. The fraction of sp³-hybridized carbons (Fsp3) is 0.917. The third-order valence-electron chi connectivity index (χ3n) is 2.50. The molecule has 2 nitrogen and oxygen atoms in total. The van der Waals surface area contributed by atoms with Crippen LogP contribution >= 0.6 is 12.2 Å². The smallest absolute Gasteiger partial charge is 0.0870 e. The van der Waals surface area contributed by atoms with Crippen molar-refractivity contribution in [2.24, 2.45) is 5.73 Å². The van der Waals surface area contributed by atoms with Crippen molar-refractivity contribution in [3.63, 3.8) is 0 Å². The molecular formula is C12H26N2S. The van der Waals surface area contributed by atoms with Crippen molar-refractivity contribution in [3.05, 3.63) is 0 Å². The largest absolute Gasteiger partial charge is 0.392 e. The van der Waals surface area contributed by atoms with Gasteiger partial charge in [-0.2, -0.15) is 0 Å². The van der Waals surface area contributed by atoms with Gasteiger partial charge in [0.25, 0.3) is 0 Å².